The van der Waals surface area contributed by atoms with Crippen molar-refractivity contribution in [3.05, 3.63) is 70.8 Å². The second-order valence-corrected chi connectivity index (χ2v) is 5.41. The molecule has 0 aliphatic carbocycles. The van der Waals surface area contributed by atoms with Crippen molar-refractivity contribution in [2.24, 2.45) is 0 Å². The van der Waals surface area contributed by atoms with Gasteiger partial charge in [-0.15, -0.1) is 0 Å². The zero-order chi connectivity index (χ0) is 22.8. The minimum atomic E-state index is -2.51. The average molecular weight is 409 g/mol. The predicted molar refractivity (Wildman–Crippen MR) is 117 cm³/mol. The molecule has 2 aromatic carbocycles. The van der Waals surface area contributed by atoms with Crippen LogP contribution in [-0.2, 0) is 0 Å². The number of halogens is 2. The van der Waals surface area contributed by atoms with E-state index in [1.54, 1.807) is 31.3 Å². The molecule has 4 nitrogen and oxygen atoms in total. The van der Waals surface area contributed by atoms with Crippen molar-refractivity contribution in [3.8, 4) is 0 Å². The van der Waals surface area contributed by atoms with Crippen molar-refractivity contribution in [1.29, 1.82) is 0 Å². The SMILES string of the molecule is CC.CC.CNC(=O)c1ccc(C)cc1.Cc1ccc(C(=O)NCC(F)F)cc1. The molecule has 0 fully saturated rings. The summed E-state index contributed by atoms with van der Waals surface area (Å²) < 4.78 is 23.5. The van der Waals surface area contributed by atoms with Gasteiger partial charge in [0.15, 0.2) is 0 Å². The molecular weight excluding hydrogens is 374 g/mol. The maximum atomic E-state index is 11.8. The Morgan fingerprint density at radius 1 is 0.759 bits per heavy atom. The number of nitrogens with one attached hydrogen (secondary N) is 2. The molecule has 2 aromatic rings. The Bertz CT molecular complexity index is 685. The third kappa shape index (κ3) is 13.1. The number of aryl methyl sites for hydroxylation is 2. The third-order valence-corrected chi connectivity index (χ3v) is 3.27. The lowest BCUT2D eigenvalue weighted by atomic mass is 10.1. The maximum absolute atomic E-state index is 11.8. The van der Waals surface area contributed by atoms with E-state index in [1.165, 1.54) is 0 Å². The fourth-order valence-corrected chi connectivity index (χ4v) is 1.83. The van der Waals surface area contributed by atoms with Crippen molar-refractivity contribution >= 4 is 11.8 Å². The maximum Gasteiger partial charge on any atom is 0.255 e. The molecule has 162 valence electrons. The van der Waals surface area contributed by atoms with Gasteiger partial charge in [-0.25, -0.2) is 8.78 Å². The number of hydrogen-bond donors (Lipinski definition) is 2. The van der Waals surface area contributed by atoms with E-state index in [-0.39, 0.29) is 5.91 Å². The van der Waals surface area contributed by atoms with Crippen LogP contribution in [0, 0.1) is 13.8 Å². The van der Waals surface area contributed by atoms with Crippen LogP contribution in [0.5, 0.6) is 0 Å². The first-order chi connectivity index (χ1) is 13.8. The molecule has 0 spiro atoms. The van der Waals surface area contributed by atoms with Crippen LogP contribution in [0.25, 0.3) is 0 Å². The highest BCUT2D eigenvalue weighted by atomic mass is 19.3. The Labute approximate surface area is 173 Å². The van der Waals surface area contributed by atoms with Crippen molar-refractivity contribution in [2.75, 3.05) is 13.6 Å². The minimum absolute atomic E-state index is 0.0370. The van der Waals surface area contributed by atoms with Crippen molar-refractivity contribution in [3.63, 3.8) is 0 Å². The average Bonchev–Trinajstić information content (AvgIpc) is 2.76. The zero-order valence-corrected chi connectivity index (χ0v) is 18.5. The largest absolute Gasteiger partial charge is 0.355 e. The van der Waals surface area contributed by atoms with Crippen LogP contribution >= 0.6 is 0 Å². The summed E-state index contributed by atoms with van der Waals surface area (Å²) >= 11 is 0. The number of amides is 2. The van der Waals surface area contributed by atoms with Gasteiger partial charge in [0, 0.05) is 18.2 Å². The summed E-state index contributed by atoms with van der Waals surface area (Å²) in [6, 6.07) is 14.2. The van der Waals surface area contributed by atoms with Crippen LogP contribution in [-0.4, -0.2) is 31.8 Å². The number of benzene rings is 2. The summed E-state index contributed by atoms with van der Waals surface area (Å²) in [5, 5.41) is 4.69. The first-order valence-corrected chi connectivity index (χ1v) is 9.75. The highest BCUT2D eigenvalue weighted by Gasteiger charge is 2.07. The van der Waals surface area contributed by atoms with E-state index >= 15 is 0 Å². The lowest BCUT2D eigenvalue weighted by Gasteiger charge is -2.04. The van der Waals surface area contributed by atoms with Gasteiger partial charge in [-0.2, -0.15) is 0 Å². The molecule has 0 saturated heterocycles. The van der Waals surface area contributed by atoms with E-state index in [2.05, 4.69) is 10.6 Å². The molecular formula is C23H34F2N2O2. The monoisotopic (exact) mass is 408 g/mol. The molecule has 2 amide bonds. The van der Waals surface area contributed by atoms with E-state index in [1.807, 2.05) is 65.8 Å². The third-order valence-electron chi connectivity index (χ3n) is 3.27. The molecule has 0 aromatic heterocycles. The quantitative estimate of drug-likeness (QED) is 0.712. The Hall–Kier alpha value is -2.76. The topological polar surface area (TPSA) is 58.2 Å². The fraction of sp³-hybridized carbons (Fsp3) is 0.391. The van der Waals surface area contributed by atoms with Gasteiger partial charge in [0.05, 0.1) is 6.54 Å². The summed E-state index contributed by atoms with van der Waals surface area (Å²) in [6.07, 6.45) is -2.51. The molecule has 0 aliphatic rings. The molecule has 0 saturated carbocycles. The molecule has 0 heterocycles. The molecule has 2 N–H and O–H groups in total. The highest BCUT2D eigenvalue weighted by molar-refractivity contribution is 5.94. The second-order valence-electron chi connectivity index (χ2n) is 5.41. The van der Waals surface area contributed by atoms with Crippen LogP contribution in [0.2, 0.25) is 0 Å². The van der Waals surface area contributed by atoms with Gasteiger partial charge in [-0.05, 0) is 38.1 Å². The number of carbonyl (C=O) groups is 2. The number of hydrogen-bond acceptors (Lipinski definition) is 2. The molecule has 2 rings (SSSR count). The Morgan fingerprint density at radius 3 is 1.41 bits per heavy atom. The molecule has 0 radical (unpaired) electrons. The first-order valence-electron chi connectivity index (χ1n) is 9.75. The summed E-state index contributed by atoms with van der Waals surface area (Å²) in [5.41, 5.74) is 3.29. The number of rotatable bonds is 4. The standard InChI is InChI=1S/C10H11F2NO.C9H11NO.2C2H6/c1-7-2-4-8(5-3-7)10(14)13-6-9(11)12;1-7-3-5-8(6-4-7)9(11)10-2;2*1-2/h2-5,9H,6H2,1H3,(H,13,14);3-6H,1-2H3,(H,10,11);2*1-2H3. The number of carbonyl (C=O) groups excluding carboxylic acids is 2. The van der Waals surface area contributed by atoms with Gasteiger partial charge in [-0.1, -0.05) is 63.1 Å². The van der Waals surface area contributed by atoms with Gasteiger partial charge < -0.3 is 10.6 Å². The molecule has 6 heteroatoms. The van der Waals surface area contributed by atoms with E-state index in [4.69, 9.17) is 0 Å². The molecule has 0 unspecified atom stereocenters. The smallest absolute Gasteiger partial charge is 0.255 e. The Morgan fingerprint density at radius 2 is 1.10 bits per heavy atom. The van der Waals surface area contributed by atoms with Crippen LogP contribution in [0.1, 0.15) is 59.5 Å². The van der Waals surface area contributed by atoms with Gasteiger partial charge in [0.1, 0.15) is 0 Å². The van der Waals surface area contributed by atoms with E-state index in [0.29, 0.717) is 11.1 Å². The van der Waals surface area contributed by atoms with Crippen LogP contribution in [0.4, 0.5) is 8.78 Å². The molecule has 0 atom stereocenters. The Kier molecular flexibility index (Phi) is 17.0. The Balaban J connectivity index is 0. The van der Waals surface area contributed by atoms with Gasteiger partial charge in [-0.3, -0.25) is 9.59 Å². The summed E-state index contributed by atoms with van der Waals surface area (Å²) in [5.74, 6) is -0.504. The van der Waals surface area contributed by atoms with E-state index in [9.17, 15) is 18.4 Å². The minimum Gasteiger partial charge on any atom is -0.355 e. The summed E-state index contributed by atoms with van der Waals surface area (Å²) in [7, 11) is 1.63. The first kappa shape index (κ1) is 28.4. The van der Waals surface area contributed by atoms with Crippen LogP contribution in [0.15, 0.2) is 48.5 Å². The molecule has 29 heavy (non-hydrogen) atoms. The zero-order valence-electron chi connectivity index (χ0n) is 18.5. The molecule has 0 aliphatic heterocycles. The van der Waals surface area contributed by atoms with Crippen molar-refractivity contribution in [1.82, 2.24) is 10.6 Å². The lowest BCUT2D eigenvalue weighted by molar-refractivity contribution is 0.0891. The van der Waals surface area contributed by atoms with Gasteiger partial charge in [0.25, 0.3) is 18.2 Å². The predicted octanol–water partition coefficient (Wildman–Crippen LogP) is 5.40. The van der Waals surface area contributed by atoms with Crippen LogP contribution < -0.4 is 10.6 Å². The highest BCUT2D eigenvalue weighted by Crippen LogP contribution is 2.03. The summed E-state index contributed by atoms with van der Waals surface area (Å²) in [4.78, 5) is 22.2. The van der Waals surface area contributed by atoms with E-state index < -0.39 is 18.9 Å². The summed E-state index contributed by atoms with van der Waals surface area (Å²) in [6.45, 7) is 11.3. The van der Waals surface area contributed by atoms with Crippen molar-refractivity contribution < 1.29 is 18.4 Å². The number of alkyl halides is 2. The molecule has 0 bridgehead atoms. The van der Waals surface area contributed by atoms with Gasteiger partial charge in [0.2, 0.25) is 0 Å². The normalized spacial score (nSPS) is 8.90. The van der Waals surface area contributed by atoms with Gasteiger partial charge >= 0.3 is 0 Å². The van der Waals surface area contributed by atoms with Crippen molar-refractivity contribution in [2.45, 2.75) is 48.0 Å². The van der Waals surface area contributed by atoms with E-state index in [0.717, 1.165) is 11.1 Å². The fourth-order valence-electron chi connectivity index (χ4n) is 1.83. The van der Waals surface area contributed by atoms with Crippen LogP contribution in [0.3, 0.4) is 0 Å². The second kappa shape index (κ2) is 17.3. The lowest BCUT2D eigenvalue weighted by Crippen LogP contribution is -2.28.